The van der Waals surface area contributed by atoms with Crippen LogP contribution in [-0.4, -0.2) is 23.5 Å². The molecule has 1 aromatic rings. The number of benzene rings is 1. The minimum Gasteiger partial charge on any atom is -0.368 e. The molecule has 0 saturated carbocycles. The van der Waals surface area contributed by atoms with Crippen molar-refractivity contribution in [3.63, 3.8) is 0 Å². The largest absolute Gasteiger partial charge is 0.368 e. The van der Waals surface area contributed by atoms with Crippen molar-refractivity contribution in [2.75, 3.05) is 0 Å². The number of nitro benzene ring substituents is 1. The summed E-state index contributed by atoms with van der Waals surface area (Å²) in [5, 5.41) is 19.0. The second kappa shape index (κ2) is 5.73. The fourth-order valence-electron chi connectivity index (χ4n) is 1.09. The summed E-state index contributed by atoms with van der Waals surface area (Å²) in [7, 11) is 0. The van der Waals surface area contributed by atoms with Crippen molar-refractivity contribution in [3.8, 4) is 0 Å². The molecule has 1 amide bonds. The highest BCUT2D eigenvalue weighted by Crippen LogP contribution is 2.24. The third kappa shape index (κ3) is 3.25. The molecule has 0 aromatic heterocycles. The molecular weight excluding hydrogens is 262 g/mol. The van der Waals surface area contributed by atoms with Crippen LogP contribution in [0.5, 0.6) is 0 Å². The van der Waals surface area contributed by atoms with Crippen molar-refractivity contribution in [3.05, 3.63) is 38.9 Å². The number of carbonyl (C=O) groups is 1. The quantitative estimate of drug-likeness (QED) is 0.366. The Kier molecular flexibility index (Phi) is 4.33. The Morgan fingerprint density at radius 2 is 2.22 bits per heavy atom. The molecule has 8 nitrogen and oxygen atoms in total. The number of hydrogen-bond donors (Lipinski definition) is 2. The number of nitrogens with zero attached hydrogens (tertiary/aromatic N) is 3. The van der Waals surface area contributed by atoms with E-state index in [1.165, 1.54) is 6.07 Å². The van der Waals surface area contributed by atoms with E-state index < -0.39 is 10.8 Å². The summed E-state index contributed by atoms with van der Waals surface area (Å²) in [6.45, 7) is 3.06. The summed E-state index contributed by atoms with van der Waals surface area (Å²) in [6, 6.07) is 3.52. The van der Waals surface area contributed by atoms with Crippen LogP contribution >= 0.6 is 11.6 Å². The highest BCUT2D eigenvalue weighted by atomic mass is 35.5. The van der Waals surface area contributed by atoms with Crippen LogP contribution < -0.4 is 11.1 Å². The minimum absolute atomic E-state index is 0.104. The number of nitrogens with two attached hydrogens (primary N) is 1. The van der Waals surface area contributed by atoms with Gasteiger partial charge >= 0.3 is 0 Å². The molecule has 0 atom stereocenters. The lowest BCUT2D eigenvalue weighted by molar-refractivity contribution is -0.384. The zero-order valence-electron chi connectivity index (χ0n) is 8.96. The fourth-order valence-corrected chi connectivity index (χ4v) is 1.34. The highest BCUT2D eigenvalue weighted by molar-refractivity contribution is 6.33. The van der Waals surface area contributed by atoms with E-state index in [1.54, 1.807) is 0 Å². The number of guanidine groups is 1. The molecule has 0 unspecified atom stereocenters. The predicted molar refractivity (Wildman–Crippen MR) is 66.7 cm³/mol. The number of carbonyl (C=O) groups excluding carboxylic acids is 1. The van der Waals surface area contributed by atoms with Gasteiger partial charge in [-0.05, 0) is 12.1 Å². The average molecular weight is 270 g/mol. The Balaban J connectivity index is 2.95. The maximum atomic E-state index is 11.6. The van der Waals surface area contributed by atoms with Gasteiger partial charge in [-0.1, -0.05) is 11.6 Å². The van der Waals surface area contributed by atoms with Crippen LogP contribution in [0.25, 0.3) is 0 Å². The lowest BCUT2D eigenvalue weighted by Crippen LogP contribution is -2.36. The van der Waals surface area contributed by atoms with Crippen LogP contribution in [0.15, 0.2) is 28.4 Å². The van der Waals surface area contributed by atoms with Crippen molar-refractivity contribution in [2.45, 2.75) is 0 Å². The van der Waals surface area contributed by atoms with Gasteiger partial charge in [-0.25, -0.2) is 0 Å². The van der Waals surface area contributed by atoms with Gasteiger partial charge in [0, 0.05) is 18.3 Å². The number of nitro groups is 1. The van der Waals surface area contributed by atoms with E-state index in [0.717, 1.165) is 12.1 Å². The maximum Gasteiger partial charge on any atom is 0.287 e. The van der Waals surface area contributed by atoms with E-state index in [1.807, 2.05) is 0 Å². The Morgan fingerprint density at radius 1 is 1.56 bits per heavy atom. The van der Waals surface area contributed by atoms with Crippen LogP contribution in [0.1, 0.15) is 10.4 Å². The third-order valence-corrected chi connectivity index (χ3v) is 2.13. The molecule has 0 aliphatic rings. The van der Waals surface area contributed by atoms with E-state index in [9.17, 15) is 14.9 Å². The molecule has 0 bridgehead atoms. The summed E-state index contributed by atoms with van der Waals surface area (Å²) in [5.41, 5.74) is 5.10. The third-order valence-electron chi connectivity index (χ3n) is 1.83. The second-order valence-corrected chi connectivity index (χ2v) is 3.41. The van der Waals surface area contributed by atoms with E-state index in [-0.39, 0.29) is 22.2 Å². The van der Waals surface area contributed by atoms with Crippen molar-refractivity contribution >= 4 is 35.9 Å². The lowest BCUT2D eigenvalue weighted by Gasteiger charge is -2.03. The van der Waals surface area contributed by atoms with Gasteiger partial charge < -0.3 is 5.73 Å². The monoisotopic (exact) mass is 269 g/mol. The Morgan fingerprint density at radius 3 is 2.72 bits per heavy atom. The van der Waals surface area contributed by atoms with E-state index in [0.29, 0.717) is 0 Å². The molecular formula is C9H8ClN5O3. The van der Waals surface area contributed by atoms with E-state index in [2.05, 4.69) is 22.2 Å². The Labute approximate surface area is 106 Å². The van der Waals surface area contributed by atoms with E-state index >= 15 is 0 Å². The summed E-state index contributed by atoms with van der Waals surface area (Å²) in [4.78, 5) is 21.5. The van der Waals surface area contributed by atoms with Gasteiger partial charge in [-0.2, -0.15) is 5.10 Å². The number of nitrogens with one attached hydrogen (secondary N) is 1. The molecule has 0 spiro atoms. The van der Waals surface area contributed by atoms with Gasteiger partial charge in [0.05, 0.1) is 4.92 Å². The van der Waals surface area contributed by atoms with Gasteiger partial charge in [0.25, 0.3) is 11.6 Å². The molecule has 0 heterocycles. The molecule has 1 rings (SSSR count). The fraction of sp³-hybridized carbons (Fsp3) is 0. The van der Waals surface area contributed by atoms with Crippen LogP contribution in [-0.2, 0) is 0 Å². The molecule has 0 radical (unpaired) electrons. The predicted octanol–water partition coefficient (Wildman–Crippen LogP) is 0.908. The molecule has 94 valence electrons. The maximum absolute atomic E-state index is 11.6. The Bertz CT molecular complexity index is 543. The summed E-state index contributed by atoms with van der Waals surface area (Å²) in [6.07, 6.45) is 0. The van der Waals surface area contributed by atoms with Crippen LogP contribution in [0.4, 0.5) is 5.69 Å². The zero-order chi connectivity index (χ0) is 13.7. The van der Waals surface area contributed by atoms with Gasteiger partial charge in [-0.15, -0.1) is 5.10 Å². The first kappa shape index (κ1) is 13.6. The van der Waals surface area contributed by atoms with Gasteiger partial charge in [-0.3, -0.25) is 20.2 Å². The number of hydrogen-bond acceptors (Lipinski definition) is 5. The second-order valence-electron chi connectivity index (χ2n) is 3.00. The smallest absolute Gasteiger partial charge is 0.287 e. The molecule has 1 aromatic carbocycles. The lowest BCUT2D eigenvalue weighted by atomic mass is 10.2. The standard InChI is InChI=1S/C9H8ClN5O3/c1-12-14-9(11)13-8(16)5-2-3-7(15(17)18)6(10)4-5/h2-4H,1H2,(H3,11,13,14,16). The van der Waals surface area contributed by atoms with Crippen LogP contribution in [0.2, 0.25) is 5.02 Å². The Hall–Kier alpha value is -2.48. The SMILES string of the molecule is C=N/N=C(\N)NC(=O)c1ccc([N+](=O)[O-])c(Cl)c1. The van der Waals surface area contributed by atoms with Crippen molar-refractivity contribution in [1.29, 1.82) is 0 Å². The van der Waals surface area contributed by atoms with Gasteiger partial charge in [0.2, 0.25) is 5.96 Å². The molecule has 0 saturated heterocycles. The summed E-state index contributed by atoms with van der Waals surface area (Å²) >= 11 is 5.65. The number of halogens is 1. The zero-order valence-corrected chi connectivity index (χ0v) is 9.72. The highest BCUT2D eigenvalue weighted by Gasteiger charge is 2.15. The molecule has 0 fully saturated rings. The molecule has 0 aliphatic carbocycles. The molecule has 9 heteroatoms. The van der Waals surface area contributed by atoms with E-state index in [4.69, 9.17) is 17.3 Å². The number of rotatable bonds is 3. The van der Waals surface area contributed by atoms with Crippen LogP contribution in [0, 0.1) is 10.1 Å². The molecule has 0 aliphatic heterocycles. The normalized spacial score (nSPS) is 10.8. The van der Waals surface area contributed by atoms with Gasteiger partial charge in [0.15, 0.2) is 0 Å². The van der Waals surface area contributed by atoms with Crippen molar-refractivity contribution in [2.24, 2.45) is 15.9 Å². The molecule has 3 N–H and O–H groups in total. The van der Waals surface area contributed by atoms with Crippen molar-refractivity contribution < 1.29 is 9.72 Å². The summed E-state index contributed by atoms with van der Waals surface area (Å²) in [5.74, 6) is -0.860. The van der Waals surface area contributed by atoms with Crippen molar-refractivity contribution in [1.82, 2.24) is 5.32 Å². The first-order valence-electron chi connectivity index (χ1n) is 4.50. The van der Waals surface area contributed by atoms with Crippen LogP contribution in [0.3, 0.4) is 0 Å². The first-order chi connectivity index (χ1) is 8.45. The topological polar surface area (TPSA) is 123 Å². The first-order valence-corrected chi connectivity index (χ1v) is 4.88. The molecule has 18 heavy (non-hydrogen) atoms. The van der Waals surface area contributed by atoms with Gasteiger partial charge in [0.1, 0.15) is 5.02 Å². The number of amides is 1. The average Bonchev–Trinajstić information content (AvgIpc) is 2.28. The summed E-state index contributed by atoms with van der Waals surface area (Å²) < 4.78 is 0. The minimum atomic E-state index is -0.651.